The molecule has 0 radical (unpaired) electrons. The Hall–Kier alpha value is -2.24. The van der Waals surface area contributed by atoms with E-state index in [1.807, 2.05) is 0 Å². The van der Waals surface area contributed by atoms with Crippen LogP contribution in [0.25, 0.3) is 0 Å². The van der Waals surface area contributed by atoms with Crippen LogP contribution in [0, 0.1) is 13.8 Å². The number of carbonyl (C=O) groups is 1. The molecule has 82 valence electrons. The van der Waals surface area contributed by atoms with Crippen molar-refractivity contribution in [2.45, 2.75) is 13.8 Å². The molecule has 2 heterocycles. The Kier molecular flexibility index (Phi) is 2.63. The molecule has 2 aromatic rings. The van der Waals surface area contributed by atoms with Crippen molar-refractivity contribution in [3.63, 3.8) is 0 Å². The van der Waals surface area contributed by atoms with Crippen molar-refractivity contribution in [1.29, 1.82) is 0 Å². The summed E-state index contributed by atoms with van der Waals surface area (Å²) in [5.41, 5.74) is 0.856. The number of hydrogen-bond donors (Lipinski definition) is 1. The van der Waals surface area contributed by atoms with Crippen LogP contribution in [0.4, 0.5) is 5.69 Å². The minimum absolute atomic E-state index is 0.286. The number of rotatable bonds is 2. The predicted molar refractivity (Wildman–Crippen MR) is 56.0 cm³/mol. The van der Waals surface area contributed by atoms with E-state index in [0.717, 1.165) is 0 Å². The van der Waals surface area contributed by atoms with Crippen LogP contribution in [0.1, 0.15) is 22.1 Å². The van der Waals surface area contributed by atoms with Gasteiger partial charge >= 0.3 is 0 Å². The Bertz CT molecular complexity index is 507. The first-order chi connectivity index (χ1) is 7.66. The minimum atomic E-state index is -0.317. The SMILES string of the molecule is Cc1nc(C(=O)Nc2ccnnc2)c(C)o1. The Morgan fingerprint density at radius 1 is 1.38 bits per heavy atom. The molecule has 2 aromatic heterocycles. The standard InChI is InChI=1S/C10H10N4O2/c1-6-9(13-7(2)16-6)10(15)14-8-3-4-11-12-5-8/h3-5H,1-2H3,(H,11,14,15). The van der Waals surface area contributed by atoms with E-state index >= 15 is 0 Å². The van der Waals surface area contributed by atoms with Gasteiger partial charge in [0.05, 0.1) is 18.1 Å². The number of anilines is 1. The van der Waals surface area contributed by atoms with E-state index < -0.39 is 0 Å². The van der Waals surface area contributed by atoms with Crippen LogP contribution < -0.4 is 5.32 Å². The molecule has 6 nitrogen and oxygen atoms in total. The van der Waals surface area contributed by atoms with Crippen molar-refractivity contribution in [2.24, 2.45) is 0 Å². The summed E-state index contributed by atoms with van der Waals surface area (Å²) in [6.07, 6.45) is 2.96. The number of aromatic nitrogens is 3. The molecule has 0 atom stereocenters. The first-order valence-corrected chi connectivity index (χ1v) is 4.69. The van der Waals surface area contributed by atoms with Gasteiger partial charge in [-0.05, 0) is 13.0 Å². The molecular formula is C10H10N4O2. The van der Waals surface area contributed by atoms with Crippen molar-refractivity contribution in [2.75, 3.05) is 5.32 Å². The second-order valence-corrected chi connectivity index (χ2v) is 3.22. The third-order valence-electron chi connectivity index (χ3n) is 1.96. The first-order valence-electron chi connectivity index (χ1n) is 4.69. The molecular weight excluding hydrogens is 208 g/mol. The minimum Gasteiger partial charge on any atom is -0.445 e. The summed E-state index contributed by atoms with van der Waals surface area (Å²) in [5, 5.41) is 9.91. The molecule has 2 rings (SSSR count). The quantitative estimate of drug-likeness (QED) is 0.822. The fourth-order valence-corrected chi connectivity index (χ4v) is 1.29. The van der Waals surface area contributed by atoms with Gasteiger partial charge in [0.2, 0.25) is 0 Å². The van der Waals surface area contributed by atoms with Gasteiger partial charge < -0.3 is 9.73 Å². The fourth-order valence-electron chi connectivity index (χ4n) is 1.29. The Labute approximate surface area is 91.7 Å². The smallest absolute Gasteiger partial charge is 0.277 e. The number of oxazole rings is 1. The number of nitrogens with zero attached hydrogens (tertiary/aromatic N) is 3. The zero-order valence-electron chi connectivity index (χ0n) is 8.89. The predicted octanol–water partition coefficient (Wildman–Crippen LogP) is 1.33. The van der Waals surface area contributed by atoms with Crippen LogP contribution in [-0.4, -0.2) is 21.1 Å². The highest BCUT2D eigenvalue weighted by atomic mass is 16.4. The molecule has 16 heavy (non-hydrogen) atoms. The van der Waals surface area contributed by atoms with E-state index in [1.54, 1.807) is 19.9 Å². The molecule has 0 aliphatic carbocycles. The average Bonchev–Trinajstić information content (AvgIpc) is 2.59. The molecule has 1 N–H and O–H groups in total. The van der Waals surface area contributed by atoms with Crippen molar-refractivity contribution in [3.05, 3.63) is 35.8 Å². The van der Waals surface area contributed by atoms with Gasteiger partial charge in [-0.2, -0.15) is 10.2 Å². The summed E-state index contributed by atoms with van der Waals surface area (Å²) in [6, 6.07) is 1.65. The normalized spacial score (nSPS) is 10.1. The van der Waals surface area contributed by atoms with Gasteiger partial charge in [0.25, 0.3) is 5.91 Å². The molecule has 0 saturated carbocycles. The number of hydrogen-bond acceptors (Lipinski definition) is 5. The van der Waals surface area contributed by atoms with Gasteiger partial charge in [0, 0.05) is 6.92 Å². The van der Waals surface area contributed by atoms with Crippen molar-refractivity contribution < 1.29 is 9.21 Å². The first kappa shape index (κ1) is 10.3. The number of carbonyl (C=O) groups excluding carboxylic acids is 1. The van der Waals surface area contributed by atoms with Crippen LogP contribution in [-0.2, 0) is 0 Å². The van der Waals surface area contributed by atoms with E-state index in [-0.39, 0.29) is 11.6 Å². The lowest BCUT2D eigenvalue weighted by molar-refractivity contribution is 0.102. The van der Waals surface area contributed by atoms with Crippen molar-refractivity contribution >= 4 is 11.6 Å². The van der Waals surface area contributed by atoms with Crippen LogP contribution in [0.5, 0.6) is 0 Å². The van der Waals surface area contributed by atoms with Gasteiger partial charge in [-0.25, -0.2) is 4.98 Å². The van der Waals surface area contributed by atoms with E-state index in [2.05, 4.69) is 20.5 Å². The topological polar surface area (TPSA) is 80.9 Å². The fraction of sp³-hybridized carbons (Fsp3) is 0.200. The van der Waals surface area contributed by atoms with Gasteiger partial charge in [-0.1, -0.05) is 0 Å². The highest BCUT2D eigenvalue weighted by Gasteiger charge is 2.15. The van der Waals surface area contributed by atoms with Gasteiger partial charge in [0.1, 0.15) is 5.76 Å². The van der Waals surface area contributed by atoms with Crippen LogP contribution in [0.2, 0.25) is 0 Å². The molecule has 0 unspecified atom stereocenters. The number of aryl methyl sites for hydroxylation is 2. The van der Waals surface area contributed by atoms with Crippen molar-refractivity contribution in [1.82, 2.24) is 15.2 Å². The van der Waals surface area contributed by atoms with Crippen molar-refractivity contribution in [3.8, 4) is 0 Å². The molecule has 0 fully saturated rings. The second-order valence-electron chi connectivity index (χ2n) is 3.22. The van der Waals surface area contributed by atoms with Crippen LogP contribution >= 0.6 is 0 Å². The third-order valence-corrected chi connectivity index (χ3v) is 1.96. The summed E-state index contributed by atoms with van der Waals surface area (Å²) in [5.74, 6) is 0.648. The van der Waals surface area contributed by atoms with Gasteiger partial charge in [-0.15, -0.1) is 0 Å². The maximum atomic E-state index is 11.8. The molecule has 6 heteroatoms. The maximum Gasteiger partial charge on any atom is 0.277 e. The Balaban J connectivity index is 2.18. The van der Waals surface area contributed by atoms with Crippen LogP contribution in [0.3, 0.4) is 0 Å². The lowest BCUT2D eigenvalue weighted by atomic mass is 10.3. The molecule has 1 amide bonds. The van der Waals surface area contributed by atoms with Gasteiger partial charge in [-0.3, -0.25) is 4.79 Å². The number of amides is 1. The summed E-state index contributed by atoms with van der Waals surface area (Å²) >= 11 is 0. The van der Waals surface area contributed by atoms with E-state index in [9.17, 15) is 4.79 Å². The van der Waals surface area contributed by atoms with E-state index in [4.69, 9.17) is 4.42 Å². The second kappa shape index (κ2) is 4.09. The average molecular weight is 218 g/mol. The maximum absolute atomic E-state index is 11.8. The molecule has 0 aromatic carbocycles. The zero-order chi connectivity index (χ0) is 11.5. The van der Waals surface area contributed by atoms with Crippen LogP contribution in [0.15, 0.2) is 22.9 Å². The summed E-state index contributed by atoms with van der Waals surface area (Å²) in [6.45, 7) is 3.39. The molecule has 0 aliphatic heterocycles. The zero-order valence-corrected chi connectivity index (χ0v) is 8.89. The van der Waals surface area contributed by atoms with E-state index in [1.165, 1.54) is 12.4 Å². The summed E-state index contributed by atoms with van der Waals surface area (Å²) < 4.78 is 5.17. The lowest BCUT2D eigenvalue weighted by Gasteiger charge is -2.01. The molecule has 0 saturated heterocycles. The summed E-state index contributed by atoms with van der Waals surface area (Å²) in [7, 11) is 0. The third kappa shape index (κ3) is 2.05. The van der Waals surface area contributed by atoms with Gasteiger partial charge in [0.15, 0.2) is 11.6 Å². The molecule has 0 aliphatic rings. The monoisotopic (exact) mass is 218 g/mol. The highest BCUT2D eigenvalue weighted by molar-refractivity contribution is 6.03. The van der Waals surface area contributed by atoms with E-state index in [0.29, 0.717) is 17.3 Å². The largest absolute Gasteiger partial charge is 0.445 e. The number of nitrogens with one attached hydrogen (secondary N) is 1. The Morgan fingerprint density at radius 3 is 2.75 bits per heavy atom. The lowest BCUT2D eigenvalue weighted by Crippen LogP contribution is -2.13. The highest BCUT2D eigenvalue weighted by Crippen LogP contribution is 2.11. The molecule has 0 spiro atoms. The Morgan fingerprint density at radius 2 is 2.19 bits per heavy atom. The molecule has 0 bridgehead atoms. The summed E-state index contributed by atoms with van der Waals surface area (Å²) in [4.78, 5) is 15.8.